The number of aliphatic hydroxyl groups excluding tert-OH is 1. The summed E-state index contributed by atoms with van der Waals surface area (Å²) in [6, 6.07) is 8.88. The van der Waals surface area contributed by atoms with Gasteiger partial charge >= 0.3 is 0 Å². The molecule has 0 radical (unpaired) electrons. The maximum absolute atomic E-state index is 12.7. The summed E-state index contributed by atoms with van der Waals surface area (Å²) in [7, 11) is 3.05. The van der Waals surface area contributed by atoms with Crippen LogP contribution in [0.4, 0.5) is 11.4 Å². The van der Waals surface area contributed by atoms with Crippen LogP contribution >= 0.6 is 0 Å². The van der Waals surface area contributed by atoms with Gasteiger partial charge in [-0.2, -0.15) is 0 Å². The van der Waals surface area contributed by atoms with Gasteiger partial charge in [0.1, 0.15) is 0 Å². The molecule has 0 saturated heterocycles. The number of carbonyl (C=O) groups excluding carboxylic acids is 1. The Hall–Kier alpha value is -3.33. The third-order valence-electron chi connectivity index (χ3n) is 4.04. The minimum Gasteiger partial charge on any atom is -0.493 e. The van der Waals surface area contributed by atoms with Crippen molar-refractivity contribution in [2.75, 3.05) is 26.1 Å². The summed E-state index contributed by atoms with van der Waals surface area (Å²) < 4.78 is 10.4. The molecule has 2 aromatic rings. The number of anilines is 1. The molecule has 0 aromatic heterocycles. The number of carbonyl (C=O) groups is 1. The highest BCUT2D eigenvalue weighted by Crippen LogP contribution is 2.28. The van der Waals surface area contributed by atoms with Gasteiger partial charge in [0.15, 0.2) is 11.5 Å². The van der Waals surface area contributed by atoms with E-state index in [0.29, 0.717) is 17.2 Å². The van der Waals surface area contributed by atoms with Crippen molar-refractivity contribution in [2.24, 2.45) is 0 Å². The summed E-state index contributed by atoms with van der Waals surface area (Å²) in [6.45, 7) is 1.77. The summed E-state index contributed by atoms with van der Waals surface area (Å²) in [5, 5.41) is 26.0. The smallest absolute Gasteiger partial charge is 0.270 e. The van der Waals surface area contributed by atoms with Crippen LogP contribution in [-0.4, -0.2) is 42.8 Å². The first-order valence-electron chi connectivity index (χ1n) is 8.54. The maximum atomic E-state index is 12.7. The van der Waals surface area contributed by atoms with Crippen molar-refractivity contribution in [3.63, 3.8) is 0 Å². The number of ether oxygens (including phenoxy) is 2. The van der Waals surface area contributed by atoms with Gasteiger partial charge in [-0.3, -0.25) is 14.9 Å². The predicted octanol–water partition coefficient (Wildman–Crippen LogP) is 2.33. The number of nitrogens with zero attached hydrogens (tertiary/aromatic N) is 1. The Morgan fingerprint density at radius 2 is 1.89 bits per heavy atom. The van der Waals surface area contributed by atoms with Gasteiger partial charge in [-0.25, -0.2) is 0 Å². The first-order chi connectivity index (χ1) is 13.4. The lowest BCUT2D eigenvalue weighted by Crippen LogP contribution is -2.26. The van der Waals surface area contributed by atoms with Crippen molar-refractivity contribution >= 4 is 17.3 Å². The molecule has 1 unspecified atom stereocenters. The molecule has 1 amide bonds. The molecule has 28 heavy (non-hydrogen) atoms. The zero-order chi connectivity index (χ0) is 20.7. The fraction of sp³-hybridized carbons (Fsp3) is 0.316. The van der Waals surface area contributed by atoms with Crippen LogP contribution in [0.2, 0.25) is 0 Å². The van der Waals surface area contributed by atoms with E-state index >= 15 is 0 Å². The second kappa shape index (κ2) is 9.56. The van der Waals surface area contributed by atoms with Crippen LogP contribution in [0.25, 0.3) is 0 Å². The Morgan fingerprint density at radius 1 is 1.18 bits per heavy atom. The molecule has 2 rings (SSSR count). The third-order valence-corrected chi connectivity index (χ3v) is 4.04. The van der Waals surface area contributed by atoms with Crippen molar-refractivity contribution in [1.82, 2.24) is 5.32 Å². The van der Waals surface area contributed by atoms with E-state index in [1.54, 1.807) is 25.1 Å². The summed E-state index contributed by atoms with van der Waals surface area (Å²) in [4.78, 5) is 23.2. The van der Waals surface area contributed by atoms with E-state index in [0.717, 1.165) is 5.56 Å². The second-order valence-corrected chi connectivity index (χ2v) is 6.09. The average Bonchev–Trinajstić information content (AvgIpc) is 2.71. The number of rotatable bonds is 9. The largest absolute Gasteiger partial charge is 0.493 e. The van der Waals surface area contributed by atoms with Crippen LogP contribution in [0.3, 0.4) is 0 Å². The number of non-ortho nitro benzene ring substituents is 1. The fourth-order valence-electron chi connectivity index (χ4n) is 2.54. The van der Waals surface area contributed by atoms with Gasteiger partial charge in [0.25, 0.3) is 11.6 Å². The van der Waals surface area contributed by atoms with Crippen molar-refractivity contribution in [2.45, 2.75) is 19.5 Å². The van der Waals surface area contributed by atoms with E-state index < -0.39 is 10.8 Å². The molecule has 9 nitrogen and oxygen atoms in total. The maximum Gasteiger partial charge on any atom is 0.270 e. The topological polar surface area (TPSA) is 123 Å². The van der Waals surface area contributed by atoms with Crippen LogP contribution in [0.15, 0.2) is 36.4 Å². The number of nitro benzene ring substituents is 1. The molecular weight excluding hydrogens is 366 g/mol. The normalized spacial score (nSPS) is 11.4. The molecule has 0 aliphatic rings. The van der Waals surface area contributed by atoms with Crippen molar-refractivity contribution in [3.05, 3.63) is 57.6 Å². The molecule has 0 aliphatic carbocycles. The van der Waals surface area contributed by atoms with Gasteiger partial charge < -0.3 is 25.2 Å². The number of amides is 1. The average molecular weight is 389 g/mol. The van der Waals surface area contributed by atoms with E-state index in [4.69, 9.17) is 9.47 Å². The molecule has 2 aromatic carbocycles. The SMILES string of the molecule is COc1ccc(CNC(=O)c2cc([N+](=O)[O-])ccc2NC(C)CO)cc1OC. The molecule has 0 heterocycles. The van der Waals surface area contributed by atoms with Crippen molar-refractivity contribution in [3.8, 4) is 11.5 Å². The first-order valence-corrected chi connectivity index (χ1v) is 8.54. The zero-order valence-corrected chi connectivity index (χ0v) is 15.9. The summed E-state index contributed by atoms with van der Waals surface area (Å²) in [5.74, 6) is 0.621. The first kappa shape index (κ1) is 21.0. The minimum absolute atomic E-state index is 0.120. The highest BCUT2D eigenvalue weighted by atomic mass is 16.6. The highest BCUT2D eigenvalue weighted by molar-refractivity contribution is 6.00. The Labute approximate surface area is 162 Å². The second-order valence-electron chi connectivity index (χ2n) is 6.09. The predicted molar refractivity (Wildman–Crippen MR) is 104 cm³/mol. The zero-order valence-electron chi connectivity index (χ0n) is 15.9. The van der Waals surface area contributed by atoms with E-state index in [-0.39, 0.29) is 30.4 Å². The Kier molecular flexibility index (Phi) is 7.16. The lowest BCUT2D eigenvalue weighted by molar-refractivity contribution is -0.384. The molecular formula is C19H23N3O6. The third kappa shape index (κ3) is 5.10. The molecule has 150 valence electrons. The molecule has 0 spiro atoms. The lowest BCUT2D eigenvalue weighted by Gasteiger charge is -2.16. The summed E-state index contributed by atoms with van der Waals surface area (Å²) in [5.41, 5.74) is 1.10. The number of benzene rings is 2. The van der Waals surface area contributed by atoms with Gasteiger partial charge in [0, 0.05) is 30.4 Å². The Balaban J connectivity index is 2.22. The molecule has 0 fully saturated rings. The van der Waals surface area contributed by atoms with Crippen molar-refractivity contribution < 1.29 is 24.3 Å². The minimum atomic E-state index is -0.565. The Bertz CT molecular complexity index is 856. The standard InChI is InChI=1S/C19H23N3O6/c1-12(11-23)21-16-6-5-14(22(25)26)9-15(16)19(24)20-10-13-4-7-17(27-2)18(8-13)28-3/h4-9,12,21,23H,10-11H2,1-3H3,(H,20,24). The molecule has 3 N–H and O–H groups in total. The van der Waals surface area contributed by atoms with Crippen LogP contribution in [-0.2, 0) is 6.54 Å². The highest BCUT2D eigenvalue weighted by Gasteiger charge is 2.18. The van der Waals surface area contributed by atoms with Gasteiger partial charge in [-0.05, 0) is 30.7 Å². The van der Waals surface area contributed by atoms with Gasteiger partial charge in [-0.15, -0.1) is 0 Å². The quantitative estimate of drug-likeness (QED) is 0.444. The van der Waals surface area contributed by atoms with Crippen LogP contribution in [0, 0.1) is 10.1 Å². The molecule has 0 saturated carbocycles. The van der Waals surface area contributed by atoms with Gasteiger partial charge in [0.2, 0.25) is 0 Å². The van der Waals surface area contributed by atoms with Crippen LogP contribution < -0.4 is 20.1 Å². The fourth-order valence-corrected chi connectivity index (χ4v) is 2.54. The molecule has 0 aliphatic heterocycles. The Morgan fingerprint density at radius 3 is 2.50 bits per heavy atom. The number of nitrogens with one attached hydrogen (secondary N) is 2. The van der Waals surface area contributed by atoms with E-state index in [1.165, 1.54) is 32.4 Å². The van der Waals surface area contributed by atoms with Crippen molar-refractivity contribution in [1.29, 1.82) is 0 Å². The summed E-state index contributed by atoms with van der Waals surface area (Å²) >= 11 is 0. The molecule has 0 bridgehead atoms. The molecule has 9 heteroatoms. The van der Waals surface area contributed by atoms with E-state index in [1.807, 2.05) is 0 Å². The number of aliphatic hydroxyl groups is 1. The van der Waals surface area contributed by atoms with Gasteiger partial charge in [-0.1, -0.05) is 6.07 Å². The van der Waals surface area contributed by atoms with E-state index in [2.05, 4.69) is 10.6 Å². The van der Waals surface area contributed by atoms with Gasteiger partial charge in [0.05, 0.1) is 31.3 Å². The number of methoxy groups -OCH3 is 2. The number of hydrogen-bond acceptors (Lipinski definition) is 7. The monoisotopic (exact) mass is 389 g/mol. The number of nitro groups is 1. The molecule has 1 atom stereocenters. The number of hydrogen-bond donors (Lipinski definition) is 3. The van der Waals surface area contributed by atoms with Crippen LogP contribution in [0.5, 0.6) is 11.5 Å². The summed E-state index contributed by atoms with van der Waals surface area (Å²) in [6.07, 6.45) is 0. The van der Waals surface area contributed by atoms with E-state index in [9.17, 15) is 20.0 Å². The lowest BCUT2D eigenvalue weighted by atomic mass is 10.1. The van der Waals surface area contributed by atoms with Crippen LogP contribution in [0.1, 0.15) is 22.8 Å².